The van der Waals surface area contributed by atoms with Gasteiger partial charge in [0, 0.05) is 12.3 Å². The van der Waals surface area contributed by atoms with E-state index in [2.05, 4.69) is 20.8 Å². The molecule has 4 aliphatic carbocycles. The van der Waals surface area contributed by atoms with Gasteiger partial charge >= 0.3 is 0 Å². The van der Waals surface area contributed by atoms with Gasteiger partial charge in [0.1, 0.15) is 85.5 Å². The number of ether oxygens (including phenoxy) is 9. The summed E-state index contributed by atoms with van der Waals surface area (Å²) < 4.78 is 54.7. The molecule has 0 bridgehead atoms. The highest BCUT2D eigenvalue weighted by Gasteiger charge is 2.68. The Balaban J connectivity index is 0.830. The predicted molar refractivity (Wildman–Crippen MR) is 249 cm³/mol. The second kappa shape index (κ2) is 22.0. The molecule has 5 saturated heterocycles. The fourth-order valence-corrected chi connectivity index (χ4v) is 15.5. The molecule has 22 heteroatoms. The van der Waals surface area contributed by atoms with Crippen LogP contribution in [0.5, 0.6) is 0 Å². The van der Waals surface area contributed by atoms with Gasteiger partial charge in [-0.05, 0) is 118 Å². The molecule has 32 unspecified atom stereocenters. The van der Waals surface area contributed by atoms with Crippen molar-refractivity contribution in [1.82, 2.24) is 0 Å². The van der Waals surface area contributed by atoms with E-state index in [-0.39, 0.29) is 53.3 Å². The van der Waals surface area contributed by atoms with Crippen LogP contribution in [0.25, 0.3) is 0 Å². The summed E-state index contributed by atoms with van der Waals surface area (Å²) in [6.45, 7) is 10.8. The third-order valence-corrected chi connectivity index (χ3v) is 20.0. The third-order valence-electron chi connectivity index (χ3n) is 20.0. The van der Waals surface area contributed by atoms with Crippen LogP contribution in [0, 0.1) is 52.3 Å². The molecule has 0 spiro atoms. The minimum absolute atomic E-state index is 0.00150. The maximum absolute atomic E-state index is 12.1. The SMILES string of the molecule is CC(CCC1(O)OC2CC3C4CCC5CC(OC6OC(CO)C(OC7OC(C)C(O)C(O)C7O)C(O)C6OC6OC(C)C(O)C(O)C6O)CCC5(C)C4CCC3(C)C2C1C)COC1OC(CO)C(O)C(O)C1O. The zero-order valence-electron chi connectivity index (χ0n) is 42.9. The lowest BCUT2D eigenvalue weighted by molar-refractivity contribution is -0.389. The zero-order chi connectivity index (χ0) is 52.8. The van der Waals surface area contributed by atoms with E-state index in [1.807, 2.05) is 6.92 Å². The fraction of sp³-hybridized carbons (Fsp3) is 1.00. The van der Waals surface area contributed by atoms with Crippen LogP contribution in [0.3, 0.4) is 0 Å². The highest BCUT2D eigenvalue weighted by atomic mass is 16.8. The topological polar surface area (TPSA) is 346 Å². The standard InChI is InChI=1S/C51H86O22/c1-20(19-65-45-39(60)38(59)35(56)30(17-52)69-45)9-14-51(64)21(2)32-29(73-51)16-28-26-8-7-24-15-25(10-12-49(24,5)27(26)11-13-50(28,32)6)68-48-44(72-47-41(62)37(58)34(55)23(4)67-47)42(63)43(31(18-53)70-48)71-46-40(61)36(57)33(54)22(3)66-46/h20-48,52-64H,7-19H2,1-6H3. The second-order valence-corrected chi connectivity index (χ2v) is 24.2. The van der Waals surface area contributed by atoms with Gasteiger partial charge in [-0.15, -0.1) is 0 Å². The average Bonchev–Trinajstić information content (AvgIpc) is 3.80. The van der Waals surface area contributed by atoms with Crippen LogP contribution < -0.4 is 0 Å². The summed E-state index contributed by atoms with van der Waals surface area (Å²) in [6, 6.07) is 0. The number of hydrogen-bond donors (Lipinski definition) is 13. The van der Waals surface area contributed by atoms with Crippen molar-refractivity contribution in [3.8, 4) is 0 Å². The Morgan fingerprint density at radius 1 is 0.562 bits per heavy atom. The molecule has 9 fully saturated rings. The van der Waals surface area contributed by atoms with Gasteiger partial charge in [-0.2, -0.15) is 0 Å². The molecule has 0 aromatic rings. The van der Waals surface area contributed by atoms with Gasteiger partial charge in [0.05, 0.1) is 44.2 Å². The first-order valence-electron chi connectivity index (χ1n) is 27.1. The minimum atomic E-state index is -1.74. The van der Waals surface area contributed by atoms with Crippen molar-refractivity contribution in [1.29, 1.82) is 0 Å². The van der Waals surface area contributed by atoms with E-state index in [4.69, 9.17) is 42.6 Å². The highest BCUT2D eigenvalue weighted by molar-refractivity contribution is 5.15. The smallest absolute Gasteiger partial charge is 0.187 e. The Bertz CT molecular complexity index is 1840. The largest absolute Gasteiger partial charge is 0.394 e. The van der Waals surface area contributed by atoms with Crippen molar-refractivity contribution in [2.75, 3.05) is 19.8 Å². The summed E-state index contributed by atoms with van der Waals surface area (Å²) in [7, 11) is 0. The van der Waals surface area contributed by atoms with Crippen molar-refractivity contribution in [3.63, 3.8) is 0 Å². The fourth-order valence-electron chi connectivity index (χ4n) is 15.5. The van der Waals surface area contributed by atoms with Gasteiger partial charge in [0.25, 0.3) is 0 Å². The van der Waals surface area contributed by atoms with Crippen molar-refractivity contribution in [2.45, 2.75) is 247 Å². The summed E-state index contributed by atoms with van der Waals surface area (Å²) in [5, 5.41) is 139. The van der Waals surface area contributed by atoms with E-state index in [1.54, 1.807) is 0 Å². The third kappa shape index (κ3) is 10.2. The molecule has 5 aliphatic heterocycles. The van der Waals surface area contributed by atoms with E-state index < -0.39 is 142 Å². The first-order valence-corrected chi connectivity index (χ1v) is 27.1. The Morgan fingerprint density at radius 3 is 1.77 bits per heavy atom. The summed E-state index contributed by atoms with van der Waals surface area (Å²) in [5.74, 6) is 0.300. The molecule has 4 saturated carbocycles. The number of aliphatic hydroxyl groups excluding tert-OH is 12. The number of fused-ring (bicyclic) bond motifs is 7. The van der Waals surface area contributed by atoms with Crippen molar-refractivity contribution in [3.05, 3.63) is 0 Å². The van der Waals surface area contributed by atoms with E-state index >= 15 is 0 Å². The lowest BCUT2D eigenvalue weighted by Crippen LogP contribution is -2.66. The average molecular weight is 1050 g/mol. The number of rotatable bonds is 14. The maximum Gasteiger partial charge on any atom is 0.187 e. The van der Waals surface area contributed by atoms with Gasteiger partial charge < -0.3 is 109 Å². The minimum Gasteiger partial charge on any atom is -0.394 e. The van der Waals surface area contributed by atoms with Gasteiger partial charge in [-0.25, -0.2) is 0 Å². The van der Waals surface area contributed by atoms with Crippen LogP contribution in [0.2, 0.25) is 0 Å². The Morgan fingerprint density at radius 2 is 1.14 bits per heavy atom. The van der Waals surface area contributed by atoms with E-state index in [9.17, 15) is 66.4 Å². The first kappa shape index (κ1) is 56.8. The molecule has 73 heavy (non-hydrogen) atoms. The lowest BCUT2D eigenvalue weighted by Gasteiger charge is -2.61. The van der Waals surface area contributed by atoms with Crippen LogP contribution in [0.1, 0.15) is 106 Å². The molecule has 32 atom stereocenters. The van der Waals surface area contributed by atoms with E-state index in [0.717, 1.165) is 38.5 Å². The van der Waals surface area contributed by atoms with Crippen LogP contribution in [-0.2, 0) is 42.6 Å². The van der Waals surface area contributed by atoms with Gasteiger partial charge in [0.15, 0.2) is 30.9 Å². The van der Waals surface area contributed by atoms with Crippen LogP contribution >= 0.6 is 0 Å². The molecule has 5 heterocycles. The predicted octanol–water partition coefficient (Wildman–Crippen LogP) is -1.90. The van der Waals surface area contributed by atoms with Crippen LogP contribution in [0.15, 0.2) is 0 Å². The molecule has 22 nitrogen and oxygen atoms in total. The Labute approximate surface area is 426 Å². The number of hydrogen-bond acceptors (Lipinski definition) is 22. The molecule has 9 rings (SSSR count). The lowest BCUT2D eigenvalue weighted by atomic mass is 9.44. The van der Waals surface area contributed by atoms with Crippen LogP contribution in [0.4, 0.5) is 0 Å². The summed E-state index contributed by atoms with van der Waals surface area (Å²) >= 11 is 0. The molecular formula is C51H86O22. The monoisotopic (exact) mass is 1050 g/mol. The normalized spacial score (nSPS) is 56.6. The molecule has 0 aromatic carbocycles. The van der Waals surface area contributed by atoms with Crippen molar-refractivity contribution >= 4 is 0 Å². The number of aliphatic hydroxyl groups is 13. The van der Waals surface area contributed by atoms with Gasteiger partial charge in [-0.1, -0.05) is 27.7 Å². The van der Waals surface area contributed by atoms with E-state index in [1.165, 1.54) is 13.8 Å². The van der Waals surface area contributed by atoms with Gasteiger partial charge in [0.2, 0.25) is 0 Å². The first-order chi connectivity index (χ1) is 34.5. The molecule has 13 N–H and O–H groups in total. The molecule has 0 aromatic heterocycles. The highest BCUT2D eigenvalue weighted by Crippen LogP contribution is 2.71. The maximum atomic E-state index is 12.1. The van der Waals surface area contributed by atoms with Crippen LogP contribution in [-0.4, -0.2) is 227 Å². The van der Waals surface area contributed by atoms with Gasteiger partial charge in [-0.3, -0.25) is 0 Å². The van der Waals surface area contributed by atoms with Crippen molar-refractivity contribution < 1.29 is 109 Å². The molecule has 422 valence electrons. The summed E-state index contributed by atoms with van der Waals surface area (Å²) in [5.41, 5.74) is -0.0281. The quantitative estimate of drug-likeness (QED) is 0.0845. The Kier molecular flexibility index (Phi) is 17.1. The van der Waals surface area contributed by atoms with Crippen molar-refractivity contribution in [2.24, 2.45) is 52.3 Å². The summed E-state index contributed by atoms with van der Waals surface area (Å²) in [4.78, 5) is 0. The Hall–Kier alpha value is -0.880. The molecular weight excluding hydrogens is 965 g/mol. The molecule has 0 amide bonds. The second-order valence-electron chi connectivity index (χ2n) is 24.2. The summed E-state index contributed by atoms with van der Waals surface area (Å²) in [6.07, 6.45) is -21.1. The molecule has 9 aliphatic rings. The van der Waals surface area contributed by atoms with E-state index in [0.29, 0.717) is 43.4 Å². The zero-order valence-corrected chi connectivity index (χ0v) is 42.9. The molecule has 0 radical (unpaired) electrons.